The zero-order valence-electron chi connectivity index (χ0n) is 13.4. The van der Waals surface area contributed by atoms with Crippen molar-refractivity contribution < 1.29 is 18.4 Å². The summed E-state index contributed by atoms with van der Waals surface area (Å²) in [5, 5.41) is 8.31. The van der Waals surface area contributed by atoms with Gasteiger partial charge in [0.1, 0.15) is 23.8 Å². The number of aliphatic imine (C=N–C) groups is 1. The fraction of sp³-hybridized carbons (Fsp3) is 0.294. The summed E-state index contributed by atoms with van der Waals surface area (Å²) in [6, 6.07) is 2.40. The van der Waals surface area contributed by atoms with Crippen LogP contribution in [0.2, 0.25) is 0 Å². The van der Waals surface area contributed by atoms with Crippen LogP contribution in [0.3, 0.4) is 0 Å². The number of piperazine rings is 1. The second-order valence-corrected chi connectivity index (χ2v) is 5.88. The van der Waals surface area contributed by atoms with Gasteiger partial charge in [0, 0.05) is 17.8 Å². The number of fused-ring (bicyclic) bond motifs is 1. The molecule has 3 N–H and O–H groups in total. The highest BCUT2D eigenvalue weighted by molar-refractivity contribution is 5.91. The van der Waals surface area contributed by atoms with Crippen LogP contribution in [0.15, 0.2) is 35.3 Å². The summed E-state index contributed by atoms with van der Waals surface area (Å²) in [7, 11) is 0. The van der Waals surface area contributed by atoms with Crippen LogP contribution in [0.1, 0.15) is 24.9 Å². The van der Waals surface area contributed by atoms with Crippen LogP contribution in [0.25, 0.3) is 0 Å². The molecule has 1 aromatic carbocycles. The number of amides is 2. The first-order valence-corrected chi connectivity index (χ1v) is 7.82. The standard InChI is InChI=1S/C17H17F2N4O2/c1-9(11-5-4-10(18)7-12(11)19)21-15(24)8-14-17(25)23-13-3-2-6-20-16(13)22-14/h2-7,9,14,16,22H,8H2,1H3,(H,21,24)(H,23,25)/t9-,14-,16?/m0/s1. The lowest BCUT2D eigenvalue weighted by atomic mass is 10.0. The highest BCUT2D eigenvalue weighted by atomic mass is 19.1. The Bertz CT molecular complexity index is 750. The van der Waals surface area contributed by atoms with Crippen molar-refractivity contribution >= 4 is 18.0 Å². The van der Waals surface area contributed by atoms with Crippen molar-refractivity contribution in [3.8, 4) is 0 Å². The number of halogens is 2. The number of hydrogen-bond donors (Lipinski definition) is 3. The molecule has 3 rings (SSSR count). The highest BCUT2D eigenvalue weighted by Crippen LogP contribution is 2.19. The number of nitrogens with one attached hydrogen (secondary N) is 3. The number of dihydropyridines is 1. The normalized spacial score (nSPS) is 23.7. The van der Waals surface area contributed by atoms with Crippen LogP contribution in [0, 0.1) is 17.7 Å². The zero-order chi connectivity index (χ0) is 18.0. The maximum absolute atomic E-state index is 13.8. The molecule has 1 fully saturated rings. The van der Waals surface area contributed by atoms with E-state index in [1.54, 1.807) is 25.3 Å². The first-order chi connectivity index (χ1) is 11.9. The Morgan fingerprint density at radius 1 is 1.40 bits per heavy atom. The van der Waals surface area contributed by atoms with Gasteiger partial charge in [-0.1, -0.05) is 12.1 Å². The third-order valence-electron chi connectivity index (χ3n) is 4.03. The van der Waals surface area contributed by atoms with Crippen molar-refractivity contribution in [3.63, 3.8) is 0 Å². The van der Waals surface area contributed by atoms with E-state index < -0.39 is 35.8 Å². The fourth-order valence-electron chi connectivity index (χ4n) is 2.76. The second-order valence-electron chi connectivity index (χ2n) is 5.88. The number of hydrogen-bond acceptors (Lipinski definition) is 4. The van der Waals surface area contributed by atoms with Gasteiger partial charge in [-0.25, -0.2) is 8.78 Å². The van der Waals surface area contributed by atoms with Crippen LogP contribution < -0.4 is 16.0 Å². The van der Waals surface area contributed by atoms with E-state index in [4.69, 9.17) is 0 Å². The number of carbonyl (C=O) groups excluding carboxylic acids is 2. The first kappa shape index (κ1) is 17.2. The van der Waals surface area contributed by atoms with Gasteiger partial charge < -0.3 is 10.6 Å². The fourth-order valence-corrected chi connectivity index (χ4v) is 2.76. The van der Waals surface area contributed by atoms with Crippen molar-refractivity contribution in [2.75, 3.05) is 0 Å². The molecule has 1 unspecified atom stereocenters. The van der Waals surface area contributed by atoms with Gasteiger partial charge in [0.2, 0.25) is 11.8 Å². The Kier molecular flexibility index (Phi) is 4.89. The Hall–Kier alpha value is -2.61. The predicted molar refractivity (Wildman–Crippen MR) is 87.3 cm³/mol. The molecule has 0 aliphatic carbocycles. The van der Waals surface area contributed by atoms with Gasteiger partial charge in [0.25, 0.3) is 0 Å². The van der Waals surface area contributed by atoms with Crippen molar-refractivity contribution in [2.24, 2.45) is 4.99 Å². The number of rotatable bonds is 4. The Labute approximate surface area is 143 Å². The Morgan fingerprint density at radius 3 is 2.96 bits per heavy atom. The summed E-state index contributed by atoms with van der Waals surface area (Å²) in [4.78, 5) is 28.4. The van der Waals surface area contributed by atoms with Gasteiger partial charge in [0.15, 0.2) is 0 Å². The summed E-state index contributed by atoms with van der Waals surface area (Å²) in [6.07, 6.45) is 4.53. The largest absolute Gasteiger partial charge is 0.349 e. The van der Waals surface area contributed by atoms with Crippen molar-refractivity contribution in [2.45, 2.75) is 31.6 Å². The zero-order valence-corrected chi connectivity index (χ0v) is 13.4. The lowest BCUT2D eigenvalue weighted by molar-refractivity contribution is -0.129. The van der Waals surface area contributed by atoms with E-state index in [1.807, 2.05) is 0 Å². The molecule has 2 amide bonds. The number of carbonyl (C=O) groups is 2. The molecule has 1 saturated heterocycles. The molecule has 3 atom stereocenters. The Balaban J connectivity index is 1.59. The molecule has 6 nitrogen and oxygen atoms in total. The summed E-state index contributed by atoms with van der Waals surface area (Å²) in [5.41, 5.74) is 0.174. The molecular formula is C17H17F2N4O2. The third kappa shape index (κ3) is 3.90. The van der Waals surface area contributed by atoms with Gasteiger partial charge in [-0.05, 0) is 19.1 Å². The quantitative estimate of drug-likeness (QED) is 0.763. The smallest absolute Gasteiger partial charge is 0.238 e. The molecule has 131 valence electrons. The summed E-state index contributed by atoms with van der Waals surface area (Å²) >= 11 is 0. The minimum absolute atomic E-state index is 0.123. The molecule has 2 aliphatic heterocycles. The van der Waals surface area contributed by atoms with E-state index in [0.717, 1.165) is 12.1 Å². The van der Waals surface area contributed by atoms with Crippen LogP contribution in [0.5, 0.6) is 0 Å². The molecule has 25 heavy (non-hydrogen) atoms. The van der Waals surface area contributed by atoms with Crippen molar-refractivity contribution in [3.05, 3.63) is 53.6 Å². The monoisotopic (exact) mass is 347 g/mol. The van der Waals surface area contributed by atoms with Crippen LogP contribution in [-0.4, -0.2) is 30.2 Å². The molecule has 2 heterocycles. The van der Waals surface area contributed by atoms with E-state index in [1.165, 1.54) is 6.07 Å². The minimum Gasteiger partial charge on any atom is -0.349 e. The second kappa shape index (κ2) is 7.10. The number of allylic oxidation sites excluding steroid dienone is 1. The molecule has 0 aromatic heterocycles. The first-order valence-electron chi connectivity index (χ1n) is 7.82. The molecule has 0 bridgehead atoms. The number of benzene rings is 1. The van der Waals surface area contributed by atoms with Gasteiger partial charge in [-0.15, -0.1) is 0 Å². The molecule has 8 heteroatoms. The van der Waals surface area contributed by atoms with Gasteiger partial charge >= 0.3 is 0 Å². The van der Waals surface area contributed by atoms with Crippen LogP contribution in [0.4, 0.5) is 8.78 Å². The lowest BCUT2D eigenvalue weighted by Crippen LogP contribution is -2.60. The topological polar surface area (TPSA) is 82.6 Å². The SMILES string of the molecule is C[C@H](NC(=O)C[C@@H]1NC2N=CC=C[C]2NC1=O)c1ccc(F)cc1F. The predicted octanol–water partition coefficient (Wildman–Crippen LogP) is 1.12. The summed E-state index contributed by atoms with van der Waals surface area (Å²) in [6.45, 7) is 1.59. The lowest BCUT2D eigenvalue weighted by Gasteiger charge is -2.34. The molecular weight excluding hydrogens is 330 g/mol. The van der Waals surface area contributed by atoms with E-state index in [2.05, 4.69) is 20.9 Å². The summed E-state index contributed by atoms with van der Waals surface area (Å²) < 4.78 is 26.7. The van der Waals surface area contributed by atoms with E-state index in [9.17, 15) is 18.4 Å². The van der Waals surface area contributed by atoms with Crippen LogP contribution in [-0.2, 0) is 9.59 Å². The van der Waals surface area contributed by atoms with E-state index in [-0.39, 0.29) is 17.9 Å². The summed E-state index contributed by atoms with van der Waals surface area (Å²) in [5.74, 6) is -2.17. The van der Waals surface area contributed by atoms with E-state index >= 15 is 0 Å². The molecule has 0 saturated carbocycles. The van der Waals surface area contributed by atoms with Crippen molar-refractivity contribution in [1.29, 1.82) is 0 Å². The maximum Gasteiger partial charge on any atom is 0.238 e. The highest BCUT2D eigenvalue weighted by Gasteiger charge is 2.36. The molecule has 1 radical (unpaired) electrons. The Morgan fingerprint density at radius 2 is 2.20 bits per heavy atom. The van der Waals surface area contributed by atoms with Crippen molar-refractivity contribution in [1.82, 2.24) is 16.0 Å². The van der Waals surface area contributed by atoms with E-state index in [0.29, 0.717) is 6.04 Å². The average molecular weight is 347 g/mol. The average Bonchev–Trinajstić information content (AvgIpc) is 2.55. The van der Waals surface area contributed by atoms with Gasteiger partial charge in [0.05, 0.1) is 18.5 Å². The minimum atomic E-state index is -0.748. The molecule has 1 aromatic rings. The third-order valence-corrected chi connectivity index (χ3v) is 4.03. The van der Waals surface area contributed by atoms with Gasteiger partial charge in [-0.2, -0.15) is 0 Å². The molecule has 0 spiro atoms. The number of nitrogens with zero attached hydrogens (tertiary/aromatic N) is 1. The molecule has 2 aliphatic rings. The maximum atomic E-state index is 13.8. The van der Waals surface area contributed by atoms with Gasteiger partial charge in [-0.3, -0.25) is 19.9 Å². The van der Waals surface area contributed by atoms with Crippen LogP contribution >= 0.6 is 0 Å².